The monoisotopic (exact) mass is 350 g/mol. The van der Waals surface area contributed by atoms with E-state index in [9.17, 15) is 4.79 Å². The van der Waals surface area contributed by atoms with Crippen molar-refractivity contribution in [2.45, 2.75) is 31.6 Å². The maximum Gasteiger partial charge on any atom is 0.227 e. The molecular formula is C19H27ClN2O2. The second-order valence-corrected chi connectivity index (χ2v) is 7.26. The van der Waals surface area contributed by atoms with Crippen molar-refractivity contribution in [3.8, 4) is 0 Å². The van der Waals surface area contributed by atoms with Crippen LogP contribution in [0.4, 0.5) is 0 Å². The topological polar surface area (TPSA) is 41.6 Å². The van der Waals surface area contributed by atoms with Gasteiger partial charge in [0.05, 0.1) is 19.1 Å². The molecule has 1 atom stereocenters. The molecule has 1 aromatic carbocycles. The van der Waals surface area contributed by atoms with Crippen LogP contribution >= 0.6 is 11.6 Å². The molecule has 1 saturated heterocycles. The van der Waals surface area contributed by atoms with E-state index >= 15 is 0 Å². The lowest BCUT2D eigenvalue weighted by Crippen LogP contribution is -2.42. The van der Waals surface area contributed by atoms with Crippen LogP contribution in [0.15, 0.2) is 24.3 Å². The second-order valence-electron chi connectivity index (χ2n) is 6.82. The van der Waals surface area contributed by atoms with Gasteiger partial charge in [0.1, 0.15) is 0 Å². The molecule has 24 heavy (non-hydrogen) atoms. The number of rotatable bonds is 6. The third kappa shape index (κ3) is 4.71. The molecule has 1 heterocycles. The number of carbonyl (C=O) groups is 1. The highest BCUT2D eigenvalue weighted by Crippen LogP contribution is 2.37. The molecule has 1 aliphatic heterocycles. The summed E-state index contributed by atoms with van der Waals surface area (Å²) in [5.74, 6) is 0.571. The number of hydrogen-bond donors (Lipinski definition) is 1. The van der Waals surface area contributed by atoms with Crippen LogP contribution in [0.25, 0.3) is 0 Å². The average Bonchev–Trinajstić information content (AvgIpc) is 3.12. The minimum Gasteiger partial charge on any atom is -0.379 e. The van der Waals surface area contributed by atoms with Gasteiger partial charge < -0.3 is 10.1 Å². The van der Waals surface area contributed by atoms with Gasteiger partial charge in [-0.15, -0.1) is 0 Å². The first-order valence-corrected chi connectivity index (χ1v) is 9.45. The Kier molecular flexibility index (Phi) is 6.52. The summed E-state index contributed by atoms with van der Waals surface area (Å²) in [5.41, 5.74) is 1.09. The fraction of sp³-hybridized carbons (Fsp3) is 0.632. The number of hydrogen-bond acceptors (Lipinski definition) is 3. The normalized spacial score (nSPS) is 20.9. The van der Waals surface area contributed by atoms with Crippen LogP contribution in [0.5, 0.6) is 0 Å². The summed E-state index contributed by atoms with van der Waals surface area (Å²) in [4.78, 5) is 15.2. The Morgan fingerprint density at radius 3 is 2.54 bits per heavy atom. The zero-order valence-electron chi connectivity index (χ0n) is 14.2. The molecule has 3 rings (SSSR count). The standard InChI is InChI=1S/C19H27ClN2O2/c20-17-7-5-16(6-8-17)18(15-3-1-2-4-15)19(23)21-9-10-22-11-13-24-14-12-22/h5-8,15,18H,1-4,9-14H2,(H,21,23). The van der Waals surface area contributed by atoms with E-state index in [1.165, 1.54) is 12.8 Å². The first kappa shape index (κ1) is 17.7. The van der Waals surface area contributed by atoms with E-state index in [0.29, 0.717) is 12.5 Å². The molecule has 1 amide bonds. The number of nitrogens with one attached hydrogen (secondary N) is 1. The summed E-state index contributed by atoms with van der Waals surface area (Å²) in [6.07, 6.45) is 4.75. The van der Waals surface area contributed by atoms with Gasteiger partial charge in [-0.3, -0.25) is 9.69 Å². The van der Waals surface area contributed by atoms with Crippen LogP contribution < -0.4 is 5.32 Å². The van der Waals surface area contributed by atoms with Crippen molar-refractivity contribution in [2.75, 3.05) is 39.4 Å². The SMILES string of the molecule is O=C(NCCN1CCOCC1)C(c1ccc(Cl)cc1)C1CCCC1. The highest BCUT2D eigenvalue weighted by molar-refractivity contribution is 6.30. The van der Waals surface area contributed by atoms with Gasteiger partial charge in [-0.25, -0.2) is 0 Å². The zero-order valence-corrected chi connectivity index (χ0v) is 14.9. The number of nitrogens with zero attached hydrogens (tertiary/aromatic N) is 1. The lowest BCUT2D eigenvalue weighted by molar-refractivity contribution is -0.123. The molecule has 1 N–H and O–H groups in total. The second kappa shape index (κ2) is 8.84. The predicted molar refractivity (Wildman–Crippen MR) is 96.4 cm³/mol. The van der Waals surface area contributed by atoms with E-state index in [-0.39, 0.29) is 11.8 Å². The maximum atomic E-state index is 12.9. The summed E-state index contributed by atoms with van der Waals surface area (Å²) < 4.78 is 5.36. The lowest BCUT2D eigenvalue weighted by Gasteiger charge is -2.27. The van der Waals surface area contributed by atoms with Gasteiger partial charge in [0, 0.05) is 31.2 Å². The molecule has 5 heteroatoms. The Balaban J connectivity index is 1.59. The molecule has 132 valence electrons. The first-order valence-electron chi connectivity index (χ1n) is 9.07. The molecule has 1 unspecified atom stereocenters. The Hall–Kier alpha value is -1.10. The number of ether oxygens (including phenoxy) is 1. The van der Waals surface area contributed by atoms with Gasteiger partial charge in [-0.05, 0) is 36.5 Å². The smallest absolute Gasteiger partial charge is 0.227 e. The van der Waals surface area contributed by atoms with Crippen LogP contribution in [-0.4, -0.2) is 50.2 Å². The lowest BCUT2D eigenvalue weighted by atomic mass is 9.84. The van der Waals surface area contributed by atoms with Crippen LogP contribution in [-0.2, 0) is 9.53 Å². The van der Waals surface area contributed by atoms with Crippen LogP contribution in [0.1, 0.15) is 37.2 Å². The number of amides is 1. The van der Waals surface area contributed by atoms with Crippen molar-refractivity contribution in [1.29, 1.82) is 0 Å². The average molecular weight is 351 g/mol. The molecule has 1 saturated carbocycles. The Bertz CT molecular complexity index is 523. The van der Waals surface area contributed by atoms with Gasteiger partial charge in [0.25, 0.3) is 0 Å². The third-order valence-electron chi connectivity index (χ3n) is 5.21. The summed E-state index contributed by atoms with van der Waals surface area (Å²) in [5, 5.41) is 3.88. The molecule has 1 aromatic rings. The van der Waals surface area contributed by atoms with Gasteiger partial charge >= 0.3 is 0 Å². The number of carbonyl (C=O) groups excluding carboxylic acids is 1. The first-order chi connectivity index (χ1) is 11.7. The Morgan fingerprint density at radius 2 is 1.88 bits per heavy atom. The largest absolute Gasteiger partial charge is 0.379 e. The molecule has 1 aliphatic carbocycles. The van der Waals surface area contributed by atoms with Crippen molar-refractivity contribution < 1.29 is 9.53 Å². The highest BCUT2D eigenvalue weighted by Gasteiger charge is 2.31. The van der Waals surface area contributed by atoms with Crippen molar-refractivity contribution in [1.82, 2.24) is 10.2 Å². The molecule has 2 fully saturated rings. The van der Waals surface area contributed by atoms with Crippen LogP contribution in [0.2, 0.25) is 5.02 Å². The Morgan fingerprint density at radius 1 is 1.21 bits per heavy atom. The van der Waals surface area contributed by atoms with Crippen molar-refractivity contribution in [3.63, 3.8) is 0 Å². The summed E-state index contributed by atoms with van der Waals surface area (Å²) >= 11 is 6.01. The van der Waals surface area contributed by atoms with Crippen LogP contribution in [0.3, 0.4) is 0 Å². The quantitative estimate of drug-likeness (QED) is 0.857. The minimum atomic E-state index is -0.0468. The van der Waals surface area contributed by atoms with E-state index < -0.39 is 0 Å². The van der Waals surface area contributed by atoms with Gasteiger partial charge in [0.15, 0.2) is 0 Å². The van der Waals surface area contributed by atoms with Crippen molar-refractivity contribution in [2.24, 2.45) is 5.92 Å². The molecule has 0 radical (unpaired) electrons. The summed E-state index contributed by atoms with van der Waals surface area (Å²) in [7, 11) is 0. The summed E-state index contributed by atoms with van der Waals surface area (Å²) in [6.45, 7) is 5.10. The molecule has 0 aromatic heterocycles. The zero-order chi connectivity index (χ0) is 16.8. The van der Waals surface area contributed by atoms with E-state index in [2.05, 4.69) is 10.2 Å². The number of morpholine rings is 1. The molecule has 0 spiro atoms. The maximum absolute atomic E-state index is 12.9. The third-order valence-corrected chi connectivity index (χ3v) is 5.47. The number of halogens is 1. The van der Waals surface area contributed by atoms with E-state index in [0.717, 1.165) is 56.3 Å². The fourth-order valence-corrected chi connectivity index (χ4v) is 4.00. The molecular weight excluding hydrogens is 324 g/mol. The van der Waals surface area contributed by atoms with E-state index in [1.807, 2.05) is 24.3 Å². The van der Waals surface area contributed by atoms with Crippen molar-refractivity contribution in [3.05, 3.63) is 34.9 Å². The molecule has 4 nitrogen and oxygen atoms in total. The van der Waals surface area contributed by atoms with E-state index in [1.54, 1.807) is 0 Å². The van der Waals surface area contributed by atoms with Crippen LogP contribution in [0, 0.1) is 5.92 Å². The minimum absolute atomic E-state index is 0.0468. The highest BCUT2D eigenvalue weighted by atomic mass is 35.5. The fourth-order valence-electron chi connectivity index (χ4n) is 3.87. The van der Waals surface area contributed by atoms with Crippen molar-refractivity contribution >= 4 is 17.5 Å². The Labute approximate surface area is 149 Å². The van der Waals surface area contributed by atoms with Gasteiger partial charge in [-0.2, -0.15) is 0 Å². The molecule has 2 aliphatic rings. The summed E-state index contributed by atoms with van der Waals surface area (Å²) in [6, 6.07) is 7.79. The predicted octanol–water partition coefficient (Wildman–Crippen LogP) is 3.06. The number of benzene rings is 1. The van der Waals surface area contributed by atoms with E-state index in [4.69, 9.17) is 16.3 Å². The van der Waals surface area contributed by atoms with Gasteiger partial charge in [-0.1, -0.05) is 36.6 Å². The molecule has 0 bridgehead atoms. The van der Waals surface area contributed by atoms with Gasteiger partial charge in [0.2, 0.25) is 5.91 Å².